The molecule has 0 spiro atoms. The molecule has 3 aromatic rings. The van der Waals surface area contributed by atoms with E-state index < -0.39 is 4.92 Å². The normalized spacial score (nSPS) is 11.3. The number of aromatic nitrogens is 1. The third kappa shape index (κ3) is 3.29. The van der Waals surface area contributed by atoms with Crippen LogP contribution in [0.15, 0.2) is 29.3 Å². The van der Waals surface area contributed by atoms with Gasteiger partial charge in [-0.15, -0.1) is 0 Å². The van der Waals surface area contributed by atoms with E-state index in [-0.39, 0.29) is 22.7 Å². The molecule has 25 heavy (non-hydrogen) atoms. The zero-order chi connectivity index (χ0) is 18.1. The van der Waals surface area contributed by atoms with Crippen LogP contribution < -0.4 is 4.74 Å². The van der Waals surface area contributed by atoms with Crippen LogP contribution in [0.25, 0.3) is 10.2 Å². The summed E-state index contributed by atoms with van der Waals surface area (Å²) in [5.74, 6) is -0.184. The van der Waals surface area contributed by atoms with Crippen LogP contribution in [0.4, 0.5) is 10.8 Å². The number of aliphatic imine (C=N–C) groups is 1. The molecule has 0 amide bonds. The number of hydrogen-bond donors (Lipinski definition) is 1. The highest BCUT2D eigenvalue weighted by Gasteiger charge is 2.16. The highest BCUT2D eigenvalue weighted by atomic mass is 32.1. The molecule has 0 bridgehead atoms. The van der Waals surface area contributed by atoms with Gasteiger partial charge in [0.1, 0.15) is 0 Å². The zero-order valence-electron chi connectivity index (χ0n) is 13.8. The van der Waals surface area contributed by atoms with Crippen LogP contribution in [-0.4, -0.2) is 28.3 Å². The summed E-state index contributed by atoms with van der Waals surface area (Å²) in [7, 11) is 1.33. The molecule has 0 saturated carbocycles. The van der Waals surface area contributed by atoms with Crippen LogP contribution >= 0.6 is 11.3 Å². The number of nitro benzene ring substituents is 1. The lowest BCUT2D eigenvalue weighted by Gasteiger charge is -2.05. The summed E-state index contributed by atoms with van der Waals surface area (Å²) >= 11 is 1.42. The van der Waals surface area contributed by atoms with Crippen LogP contribution in [0.3, 0.4) is 0 Å². The van der Waals surface area contributed by atoms with Crippen molar-refractivity contribution >= 4 is 38.6 Å². The maximum Gasteiger partial charge on any atom is 0.274 e. The average Bonchev–Trinajstić information content (AvgIpc) is 2.96. The molecule has 1 N–H and O–H groups in total. The van der Waals surface area contributed by atoms with Gasteiger partial charge >= 0.3 is 0 Å². The van der Waals surface area contributed by atoms with Crippen molar-refractivity contribution in [2.24, 2.45) is 4.99 Å². The number of aryl methyl sites for hydroxylation is 2. The fourth-order valence-electron chi connectivity index (χ4n) is 2.51. The highest BCUT2D eigenvalue weighted by molar-refractivity contribution is 7.22. The number of nitro groups is 1. The number of phenols is 1. The van der Waals surface area contributed by atoms with Crippen LogP contribution in [0, 0.1) is 24.0 Å². The lowest BCUT2D eigenvalue weighted by molar-refractivity contribution is -0.385. The van der Waals surface area contributed by atoms with Crippen LogP contribution in [0.5, 0.6) is 11.5 Å². The van der Waals surface area contributed by atoms with Crippen molar-refractivity contribution in [1.82, 2.24) is 4.98 Å². The molecular formula is C17H15N3O4S. The second-order valence-corrected chi connectivity index (χ2v) is 6.54. The molecule has 0 radical (unpaired) electrons. The Morgan fingerprint density at radius 2 is 2.08 bits per heavy atom. The van der Waals surface area contributed by atoms with Gasteiger partial charge in [-0.25, -0.2) is 9.98 Å². The van der Waals surface area contributed by atoms with Gasteiger partial charge in [0.05, 0.1) is 28.3 Å². The standard InChI is InChI=1S/C17H15N3O4S/c1-9-4-10(2)15-14(5-9)25-17(19-15)18-8-11-6-12(20(22)23)7-13(24-3)16(11)21/h4-8,21H,1-3H3. The molecule has 0 aliphatic rings. The van der Waals surface area contributed by atoms with E-state index in [0.29, 0.717) is 5.13 Å². The molecule has 1 aromatic heterocycles. The van der Waals surface area contributed by atoms with Gasteiger partial charge in [-0.2, -0.15) is 0 Å². The van der Waals surface area contributed by atoms with Gasteiger partial charge < -0.3 is 9.84 Å². The Morgan fingerprint density at radius 3 is 2.76 bits per heavy atom. The molecule has 2 aromatic carbocycles. The van der Waals surface area contributed by atoms with E-state index in [0.717, 1.165) is 27.4 Å². The molecule has 0 saturated heterocycles. The predicted octanol–water partition coefficient (Wildman–Crippen LogP) is 4.29. The number of benzene rings is 2. The van der Waals surface area contributed by atoms with E-state index in [9.17, 15) is 15.2 Å². The molecule has 0 aliphatic heterocycles. The lowest BCUT2D eigenvalue weighted by atomic mass is 10.1. The van der Waals surface area contributed by atoms with E-state index in [2.05, 4.69) is 9.98 Å². The van der Waals surface area contributed by atoms with Crippen LogP contribution in [0.2, 0.25) is 0 Å². The van der Waals surface area contributed by atoms with Gasteiger partial charge in [0, 0.05) is 17.8 Å². The van der Waals surface area contributed by atoms with E-state index >= 15 is 0 Å². The van der Waals surface area contributed by atoms with Crippen molar-refractivity contribution in [3.63, 3.8) is 0 Å². The highest BCUT2D eigenvalue weighted by Crippen LogP contribution is 2.35. The Kier molecular flexibility index (Phi) is 4.37. The number of methoxy groups -OCH3 is 1. The third-order valence-electron chi connectivity index (χ3n) is 3.65. The summed E-state index contributed by atoms with van der Waals surface area (Å²) in [6.45, 7) is 4.00. The molecular weight excluding hydrogens is 342 g/mol. The molecule has 3 rings (SSSR count). The van der Waals surface area contributed by atoms with Crippen molar-refractivity contribution < 1.29 is 14.8 Å². The minimum atomic E-state index is -0.552. The Morgan fingerprint density at radius 1 is 1.32 bits per heavy atom. The fraction of sp³-hybridized carbons (Fsp3) is 0.176. The SMILES string of the molecule is COc1cc([N+](=O)[O-])cc(C=Nc2nc3c(C)cc(C)cc3s2)c1O. The summed E-state index contributed by atoms with van der Waals surface area (Å²) in [6, 6.07) is 6.49. The van der Waals surface area contributed by atoms with Gasteiger partial charge in [-0.1, -0.05) is 17.4 Å². The largest absolute Gasteiger partial charge is 0.504 e. The summed E-state index contributed by atoms with van der Waals surface area (Å²) in [4.78, 5) is 19.2. The Labute approximate surface area is 147 Å². The average molecular weight is 357 g/mol. The number of rotatable bonds is 4. The van der Waals surface area contributed by atoms with Crippen molar-refractivity contribution in [1.29, 1.82) is 0 Å². The lowest BCUT2D eigenvalue weighted by Crippen LogP contribution is -1.94. The van der Waals surface area contributed by atoms with E-state index in [1.807, 2.05) is 26.0 Å². The number of aromatic hydroxyl groups is 1. The quantitative estimate of drug-likeness (QED) is 0.427. The van der Waals surface area contributed by atoms with Gasteiger partial charge in [0.2, 0.25) is 5.13 Å². The Bertz CT molecular complexity index is 1010. The summed E-state index contributed by atoms with van der Waals surface area (Å²) in [5, 5.41) is 21.7. The van der Waals surface area contributed by atoms with E-state index in [1.54, 1.807) is 0 Å². The van der Waals surface area contributed by atoms with Crippen LogP contribution in [-0.2, 0) is 0 Å². The smallest absolute Gasteiger partial charge is 0.274 e. The van der Waals surface area contributed by atoms with Crippen molar-refractivity contribution in [2.45, 2.75) is 13.8 Å². The molecule has 8 heteroatoms. The first-order valence-corrected chi connectivity index (χ1v) is 8.18. The monoisotopic (exact) mass is 357 g/mol. The second kappa shape index (κ2) is 6.48. The number of ether oxygens (including phenoxy) is 1. The first-order valence-electron chi connectivity index (χ1n) is 7.36. The predicted molar refractivity (Wildman–Crippen MR) is 97.7 cm³/mol. The number of non-ortho nitro benzene ring substituents is 1. The Balaban J connectivity index is 2.03. The number of hydrogen-bond acceptors (Lipinski definition) is 7. The molecule has 7 nitrogen and oxygen atoms in total. The van der Waals surface area contributed by atoms with Crippen molar-refractivity contribution in [3.05, 3.63) is 51.1 Å². The van der Waals surface area contributed by atoms with Crippen LogP contribution in [0.1, 0.15) is 16.7 Å². The summed E-state index contributed by atoms with van der Waals surface area (Å²) in [5.41, 5.74) is 3.09. The summed E-state index contributed by atoms with van der Waals surface area (Å²) in [6.07, 6.45) is 1.35. The first kappa shape index (κ1) is 16.8. The Hall–Kier alpha value is -3.00. The molecule has 1 heterocycles. The minimum absolute atomic E-state index is 0.0198. The molecule has 0 unspecified atom stereocenters. The second-order valence-electron chi connectivity index (χ2n) is 5.53. The van der Waals surface area contributed by atoms with Gasteiger partial charge in [-0.3, -0.25) is 10.1 Å². The molecule has 0 aliphatic carbocycles. The van der Waals surface area contributed by atoms with Gasteiger partial charge in [-0.05, 0) is 31.0 Å². The third-order valence-corrected chi connectivity index (χ3v) is 4.56. The van der Waals surface area contributed by atoms with Crippen molar-refractivity contribution in [2.75, 3.05) is 7.11 Å². The molecule has 0 fully saturated rings. The maximum atomic E-state index is 11.0. The van der Waals surface area contributed by atoms with Gasteiger partial charge in [0.25, 0.3) is 5.69 Å². The van der Waals surface area contributed by atoms with E-state index in [1.165, 1.54) is 30.7 Å². The number of fused-ring (bicyclic) bond motifs is 1. The first-order chi connectivity index (χ1) is 11.9. The van der Waals surface area contributed by atoms with E-state index in [4.69, 9.17) is 4.74 Å². The fourth-order valence-corrected chi connectivity index (χ4v) is 3.50. The summed E-state index contributed by atoms with van der Waals surface area (Å²) < 4.78 is 6.00. The molecule has 0 atom stereocenters. The molecule has 128 valence electrons. The van der Waals surface area contributed by atoms with Gasteiger partial charge in [0.15, 0.2) is 11.5 Å². The zero-order valence-corrected chi connectivity index (χ0v) is 14.6. The minimum Gasteiger partial charge on any atom is -0.504 e. The maximum absolute atomic E-state index is 11.0. The van der Waals surface area contributed by atoms with Crippen molar-refractivity contribution in [3.8, 4) is 11.5 Å². The topological polar surface area (TPSA) is 97.9 Å². The number of phenolic OH excluding ortho intramolecular Hbond substituents is 1. The number of thiazole rings is 1. The number of nitrogens with zero attached hydrogens (tertiary/aromatic N) is 3.